The van der Waals surface area contributed by atoms with E-state index in [1.165, 1.54) is 12.1 Å². The Balaban J connectivity index is 2.45. The van der Waals surface area contributed by atoms with E-state index in [1.54, 1.807) is 6.07 Å². The first-order valence-electron chi connectivity index (χ1n) is 5.45. The third-order valence-electron chi connectivity index (χ3n) is 2.36. The zero-order chi connectivity index (χ0) is 15.6. The van der Waals surface area contributed by atoms with Gasteiger partial charge in [0.15, 0.2) is 5.69 Å². The zero-order valence-electron chi connectivity index (χ0n) is 10.2. The van der Waals surface area contributed by atoms with Crippen molar-refractivity contribution in [1.82, 2.24) is 9.97 Å². The largest absolute Gasteiger partial charge is 0.433 e. The molecular formula is C11H8Cl2F3N5. The Morgan fingerprint density at radius 3 is 2.24 bits per heavy atom. The van der Waals surface area contributed by atoms with Crippen LogP contribution in [0.5, 0.6) is 0 Å². The smallest absolute Gasteiger partial charge is 0.338 e. The van der Waals surface area contributed by atoms with E-state index >= 15 is 0 Å². The van der Waals surface area contributed by atoms with Crippen LogP contribution < -0.4 is 16.6 Å². The van der Waals surface area contributed by atoms with E-state index in [2.05, 4.69) is 15.3 Å². The number of hydrogen-bond donors (Lipinski definition) is 3. The molecule has 0 aliphatic rings. The van der Waals surface area contributed by atoms with Crippen LogP contribution in [-0.4, -0.2) is 9.97 Å². The fourth-order valence-electron chi connectivity index (χ4n) is 1.47. The first-order valence-corrected chi connectivity index (χ1v) is 6.21. The summed E-state index contributed by atoms with van der Waals surface area (Å²) >= 11 is 11.9. The van der Waals surface area contributed by atoms with Crippen molar-refractivity contribution < 1.29 is 13.2 Å². The summed E-state index contributed by atoms with van der Waals surface area (Å²) in [5.41, 5.74) is 1.04. The molecule has 2 aromatic rings. The molecule has 0 fully saturated rings. The molecule has 0 aliphatic carbocycles. The number of alkyl halides is 3. The molecular weight excluding hydrogens is 330 g/mol. The number of halogens is 5. The molecule has 5 nitrogen and oxygen atoms in total. The van der Waals surface area contributed by atoms with Gasteiger partial charge in [-0.2, -0.15) is 18.2 Å². The maximum atomic E-state index is 12.7. The highest BCUT2D eigenvalue weighted by atomic mass is 35.5. The Morgan fingerprint density at radius 2 is 1.71 bits per heavy atom. The summed E-state index contributed by atoms with van der Waals surface area (Å²) in [5.74, 6) is 4.52. The summed E-state index contributed by atoms with van der Waals surface area (Å²) < 4.78 is 38.2. The average Bonchev–Trinajstić information content (AvgIpc) is 2.42. The molecule has 0 saturated carbocycles. The lowest BCUT2D eigenvalue weighted by atomic mass is 10.3. The van der Waals surface area contributed by atoms with Crippen molar-refractivity contribution in [3.8, 4) is 0 Å². The van der Waals surface area contributed by atoms with Crippen LogP contribution in [0.2, 0.25) is 10.0 Å². The first-order chi connectivity index (χ1) is 9.81. The van der Waals surface area contributed by atoms with Crippen LogP contribution in [0.1, 0.15) is 5.69 Å². The molecule has 21 heavy (non-hydrogen) atoms. The minimum atomic E-state index is -4.64. The van der Waals surface area contributed by atoms with E-state index in [0.717, 1.165) is 6.07 Å². The second-order valence-electron chi connectivity index (χ2n) is 3.83. The second kappa shape index (κ2) is 5.92. The Hall–Kier alpha value is -1.77. The number of para-hydroxylation sites is 1. The lowest BCUT2D eigenvalue weighted by molar-refractivity contribution is -0.141. The van der Waals surface area contributed by atoms with Gasteiger partial charge in [0.25, 0.3) is 0 Å². The van der Waals surface area contributed by atoms with Crippen molar-refractivity contribution in [2.45, 2.75) is 6.18 Å². The van der Waals surface area contributed by atoms with Crippen LogP contribution >= 0.6 is 23.2 Å². The highest BCUT2D eigenvalue weighted by Gasteiger charge is 2.33. The number of rotatable bonds is 3. The number of hydrogen-bond acceptors (Lipinski definition) is 5. The molecule has 0 radical (unpaired) electrons. The number of aromatic nitrogens is 2. The number of nitrogens with zero attached hydrogens (tertiary/aromatic N) is 2. The highest BCUT2D eigenvalue weighted by molar-refractivity contribution is 6.39. The fraction of sp³-hybridized carbons (Fsp3) is 0.0909. The minimum absolute atomic E-state index is 0.153. The van der Waals surface area contributed by atoms with Crippen LogP contribution in [0.25, 0.3) is 0 Å². The SMILES string of the molecule is NNc1nc(Nc2c(Cl)cccc2Cl)cc(C(F)(F)F)n1. The lowest BCUT2D eigenvalue weighted by Gasteiger charge is -2.13. The van der Waals surface area contributed by atoms with Gasteiger partial charge in [-0.15, -0.1) is 0 Å². The Kier molecular flexibility index (Phi) is 4.40. The number of nitrogens with one attached hydrogen (secondary N) is 2. The van der Waals surface area contributed by atoms with E-state index in [0.29, 0.717) is 0 Å². The van der Waals surface area contributed by atoms with Crippen LogP contribution in [0.3, 0.4) is 0 Å². The van der Waals surface area contributed by atoms with Crippen molar-refractivity contribution in [2.24, 2.45) is 5.84 Å². The summed E-state index contributed by atoms with van der Waals surface area (Å²) in [4.78, 5) is 7.00. The maximum absolute atomic E-state index is 12.7. The lowest BCUT2D eigenvalue weighted by Crippen LogP contribution is -2.16. The third kappa shape index (κ3) is 3.66. The second-order valence-corrected chi connectivity index (χ2v) is 4.64. The molecule has 0 saturated heterocycles. The molecule has 0 spiro atoms. The molecule has 0 atom stereocenters. The Labute approximate surface area is 127 Å². The predicted octanol–water partition coefficient (Wildman–Crippen LogP) is 3.83. The van der Waals surface area contributed by atoms with Gasteiger partial charge in [-0.25, -0.2) is 10.8 Å². The average molecular weight is 338 g/mol. The molecule has 0 amide bonds. The molecule has 0 unspecified atom stereocenters. The molecule has 1 aromatic carbocycles. The third-order valence-corrected chi connectivity index (χ3v) is 2.99. The van der Waals surface area contributed by atoms with Crippen molar-refractivity contribution in [3.05, 3.63) is 40.0 Å². The summed E-state index contributed by atoms with van der Waals surface area (Å²) in [6, 6.07) is 5.39. The zero-order valence-corrected chi connectivity index (χ0v) is 11.7. The molecule has 112 valence electrons. The van der Waals surface area contributed by atoms with E-state index in [1.807, 2.05) is 5.43 Å². The normalized spacial score (nSPS) is 11.3. The molecule has 0 bridgehead atoms. The van der Waals surface area contributed by atoms with E-state index in [-0.39, 0.29) is 21.6 Å². The summed E-state index contributed by atoms with van der Waals surface area (Å²) in [6.45, 7) is 0. The summed E-state index contributed by atoms with van der Waals surface area (Å²) in [6.07, 6.45) is -4.64. The van der Waals surface area contributed by atoms with Crippen molar-refractivity contribution >= 4 is 40.7 Å². The molecule has 2 rings (SSSR count). The van der Waals surface area contributed by atoms with Crippen LogP contribution in [0.15, 0.2) is 24.3 Å². The first kappa shape index (κ1) is 15.6. The van der Waals surface area contributed by atoms with Gasteiger partial charge in [0.2, 0.25) is 5.95 Å². The van der Waals surface area contributed by atoms with Crippen LogP contribution in [-0.2, 0) is 6.18 Å². The van der Waals surface area contributed by atoms with Crippen LogP contribution in [0, 0.1) is 0 Å². The predicted molar refractivity (Wildman–Crippen MR) is 74.6 cm³/mol. The molecule has 1 aromatic heterocycles. The number of nitrogen functional groups attached to an aromatic ring is 1. The molecule has 4 N–H and O–H groups in total. The topological polar surface area (TPSA) is 75.9 Å². The minimum Gasteiger partial charge on any atom is -0.338 e. The van der Waals surface area contributed by atoms with Gasteiger partial charge >= 0.3 is 6.18 Å². The fourth-order valence-corrected chi connectivity index (χ4v) is 1.96. The monoisotopic (exact) mass is 337 g/mol. The number of hydrazine groups is 1. The van der Waals surface area contributed by atoms with Gasteiger partial charge in [0.05, 0.1) is 15.7 Å². The van der Waals surface area contributed by atoms with Gasteiger partial charge < -0.3 is 5.32 Å². The van der Waals surface area contributed by atoms with Crippen molar-refractivity contribution in [1.29, 1.82) is 0 Å². The van der Waals surface area contributed by atoms with E-state index < -0.39 is 17.8 Å². The van der Waals surface area contributed by atoms with Gasteiger partial charge in [0, 0.05) is 6.07 Å². The van der Waals surface area contributed by atoms with Gasteiger partial charge in [-0.05, 0) is 12.1 Å². The maximum Gasteiger partial charge on any atom is 0.433 e. The Morgan fingerprint density at radius 1 is 1.10 bits per heavy atom. The van der Waals surface area contributed by atoms with Gasteiger partial charge in [-0.3, -0.25) is 5.43 Å². The van der Waals surface area contributed by atoms with Crippen molar-refractivity contribution in [2.75, 3.05) is 10.7 Å². The summed E-state index contributed by atoms with van der Waals surface area (Å²) in [5, 5.41) is 3.08. The molecule has 1 heterocycles. The number of anilines is 3. The number of nitrogens with two attached hydrogens (primary N) is 1. The van der Waals surface area contributed by atoms with E-state index in [4.69, 9.17) is 29.0 Å². The standard InChI is InChI=1S/C11H8Cl2F3N5/c12-5-2-1-3-6(13)9(5)19-8-4-7(11(14,15)16)18-10(20-8)21-17/h1-4H,17H2,(H2,18,19,20,21). The van der Waals surface area contributed by atoms with Crippen molar-refractivity contribution in [3.63, 3.8) is 0 Å². The molecule has 0 aliphatic heterocycles. The van der Waals surface area contributed by atoms with Gasteiger partial charge in [0.1, 0.15) is 5.82 Å². The quantitative estimate of drug-likeness (QED) is 0.586. The van der Waals surface area contributed by atoms with E-state index in [9.17, 15) is 13.2 Å². The Bertz CT molecular complexity index is 643. The van der Waals surface area contributed by atoms with Gasteiger partial charge in [-0.1, -0.05) is 29.3 Å². The van der Waals surface area contributed by atoms with Crippen LogP contribution in [0.4, 0.5) is 30.6 Å². The summed E-state index contributed by atoms with van der Waals surface area (Å²) in [7, 11) is 0. The molecule has 10 heteroatoms. The number of benzene rings is 1. The highest BCUT2D eigenvalue weighted by Crippen LogP contribution is 2.34.